The Bertz CT molecular complexity index is 636. The second kappa shape index (κ2) is 6.32. The average Bonchev–Trinajstić information content (AvgIpc) is 2.32. The van der Waals surface area contributed by atoms with Crippen LogP contribution >= 0.6 is 11.6 Å². The van der Waals surface area contributed by atoms with Crippen LogP contribution in [-0.2, 0) is 15.3 Å². The molecule has 0 unspecified atom stereocenters. The summed E-state index contributed by atoms with van der Waals surface area (Å²) in [6.45, 7) is 6.08. The number of aromatic nitrogens is 1. The summed E-state index contributed by atoms with van der Waals surface area (Å²) < 4.78 is 22.3. The number of amides is 1. The number of carbonyl (C=O) groups is 1. The molecular weight excluding hydrogens is 312 g/mol. The molecule has 21 heavy (non-hydrogen) atoms. The van der Waals surface area contributed by atoms with Gasteiger partial charge >= 0.3 is 0 Å². The van der Waals surface area contributed by atoms with Gasteiger partial charge in [-0.15, -0.1) is 0 Å². The van der Waals surface area contributed by atoms with Gasteiger partial charge in [-0.1, -0.05) is 32.4 Å². The summed E-state index contributed by atoms with van der Waals surface area (Å²) in [4.78, 5) is 17.9. The number of halogens is 1. The topological polar surface area (TPSA) is 67.3 Å². The molecule has 1 aromatic heterocycles. The first kappa shape index (κ1) is 17.9. The van der Waals surface area contributed by atoms with Gasteiger partial charge in [0, 0.05) is 36.5 Å². The highest BCUT2D eigenvalue weighted by atomic mass is 35.5. The lowest BCUT2D eigenvalue weighted by Gasteiger charge is -2.21. The van der Waals surface area contributed by atoms with Gasteiger partial charge in [0.15, 0.2) is 0 Å². The molecule has 0 aliphatic heterocycles. The van der Waals surface area contributed by atoms with Crippen LogP contribution in [0.15, 0.2) is 12.1 Å². The number of hydrogen-bond acceptors (Lipinski definition) is 4. The first-order valence-electron chi connectivity index (χ1n) is 6.51. The van der Waals surface area contributed by atoms with E-state index in [1.54, 1.807) is 13.1 Å². The molecule has 1 amide bonds. The van der Waals surface area contributed by atoms with Gasteiger partial charge in [-0.05, 0) is 12.1 Å². The van der Waals surface area contributed by atoms with Crippen LogP contribution in [0.3, 0.4) is 0 Å². The first-order valence-corrected chi connectivity index (χ1v) is 8.95. The molecule has 0 saturated carbocycles. The van der Waals surface area contributed by atoms with Gasteiger partial charge in [0.05, 0.1) is 5.75 Å². The van der Waals surface area contributed by atoms with Gasteiger partial charge in [0.1, 0.15) is 15.0 Å². The third-order valence-electron chi connectivity index (χ3n) is 2.95. The van der Waals surface area contributed by atoms with E-state index in [2.05, 4.69) is 4.98 Å². The van der Waals surface area contributed by atoms with E-state index < -0.39 is 9.84 Å². The Morgan fingerprint density at radius 2 is 1.90 bits per heavy atom. The third kappa shape index (κ3) is 5.63. The maximum atomic E-state index is 12.3. The summed E-state index contributed by atoms with van der Waals surface area (Å²) in [7, 11) is -1.54. The lowest BCUT2D eigenvalue weighted by molar-refractivity contribution is 0.0803. The van der Waals surface area contributed by atoms with E-state index in [1.165, 1.54) is 11.0 Å². The van der Waals surface area contributed by atoms with E-state index in [0.29, 0.717) is 5.56 Å². The van der Waals surface area contributed by atoms with Gasteiger partial charge in [-0.3, -0.25) is 4.79 Å². The number of nitrogens with zero attached hydrogens (tertiary/aromatic N) is 2. The van der Waals surface area contributed by atoms with Crippen molar-refractivity contribution in [1.82, 2.24) is 9.88 Å². The van der Waals surface area contributed by atoms with Crippen molar-refractivity contribution in [3.8, 4) is 0 Å². The molecule has 0 atom stereocenters. The van der Waals surface area contributed by atoms with Gasteiger partial charge in [-0.2, -0.15) is 0 Å². The van der Waals surface area contributed by atoms with Crippen LogP contribution < -0.4 is 0 Å². The molecule has 0 saturated heterocycles. The molecule has 7 heteroatoms. The summed E-state index contributed by atoms with van der Waals surface area (Å²) in [5, 5.41) is 0.252. The van der Waals surface area contributed by atoms with E-state index in [4.69, 9.17) is 11.6 Å². The van der Waals surface area contributed by atoms with Crippen molar-refractivity contribution in [2.45, 2.75) is 26.2 Å². The van der Waals surface area contributed by atoms with Crippen LogP contribution in [0, 0.1) is 0 Å². The molecule has 0 N–H and O–H groups in total. The summed E-state index contributed by atoms with van der Waals surface area (Å²) in [6.07, 6.45) is 1.15. The fourth-order valence-electron chi connectivity index (χ4n) is 1.63. The molecule has 0 aliphatic rings. The maximum Gasteiger partial charge on any atom is 0.253 e. The standard InChI is InChI=1S/C14H21ClN2O3S/c1-14(2,3)11-8-10(9-12(15)16-11)13(18)17(4)6-7-21(5,19)20/h8-9H,6-7H2,1-5H3. The Labute approximate surface area is 131 Å². The Hall–Kier alpha value is -1.14. The van der Waals surface area contributed by atoms with Crippen LogP contribution in [0.1, 0.15) is 36.8 Å². The molecule has 1 heterocycles. The van der Waals surface area contributed by atoms with Crippen LogP contribution in [0.4, 0.5) is 0 Å². The third-order valence-corrected chi connectivity index (χ3v) is 4.07. The molecular formula is C14H21ClN2O3S. The largest absolute Gasteiger partial charge is 0.341 e. The molecule has 118 valence electrons. The van der Waals surface area contributed by atoms with Crippen molar-refractivity contribution in [2.75, 3.05) is 25.6 Å². The van der Waals surface area contributed by atoms with Gasteiger partial charge < -0.3 is 4.90 Å². The molecule has 0 bridgehead atoms. The molecule has 0 aliphatic carbocycles. The SMILES string of the molecule is CN(CCS(C)(=O)=O)C(=O)c1cc(Cl)nc(C(C)(C)C)c1. The fraction of sp³-hybridized carbons (Fsp3) is 0.571. The quantitative estimate of drug-likeness (QED) is 0.792. The number of carbonyl (C=O) groups excluding carboxylic acids is 1. The Balaban J connectivity index is 3.00. The van der Waals surface area contributed by atoms with Crippen LogP contribution in [0.5, 0.6) is 0 Å². The van der Waals surface area contributed by atoms with E-state index in [-0.39, 0.29) is 28.8 Å². The minimum atomic E-state index is -3.11. The van der Waals surface area contributed by atoms with E-state index in [0.717, 1.165) is 11.9 Å². The van der Waals surface area contributed by atoms with Gasteiger partial charge in [0.25, 0.3) is 5.91 Å². The number of rotatable bonds is 4. The van der Waals surface area contributed by atoms with Crippen LogP contribution in [0.2, 0.25) is 5.15 Å². The van der Waals surface area contributed by atoms with E-state index in [9.17, 15) is 13.2 Å². The van der Waals surface area contributed by atoms with Crippen molar-refractivity contribution in [1.29, 1.82) is 0 Å². The van der Waals surface area contributed by atoms with Crippen molar-refractivity contribution < 1.29 is 13.2 Å². The molecule has 0 spiro atoms. The zero-order valence-electron chi connectivity index (χ0n) is 13.0. The monoisotopic (exact) mass is 332 g/mol. The predicted molar refractivity (Wildman–Crippen MR) is 84.6 cm³/mol. The predicted octanol–water partition coefficient (Wildman–Crippen LogP) is 2.15. The minimum absolute atomic E-state index is 0.0693. The average molecular weight is 333 g/mol. The number of sulfone groups is 1. The van der Waals surface area contributed by atoms with Crippen molar-refractivity contribution in [2.24, 2.45) is 0 Å². The molecule has 0 aromatic carbocycles. The molecule has 0 radical (unpaired) electrons. The summed E-state index contributed by atoms with van der Waals surface area (Å²) in [5.74, 6) is -0.339. The number of hydrogen-bond donors (Lipinski definition) is 0. The lowest BCUT2D eigenvalue weighted by atomic mass is 9.91. The zero-order valence-corrected chi connectivity index (χ0v) is 14.5. The highest BCUT2D eigenvalue weighted by Gasteiger charge is 2.20. The van der Waals surface area contributed by atoms with E-state index >= 15 is 0 Å². The first-order chi connectivity index (χ1) is 9.40. The maximum absolute atomic E-state index is 12.3. The number of pyridine rings is 1. The summed E-state index contributed by atoms with van der Waals surface area (Å²) in [5.41, 5.74) is 0.899. The Kier molecular flexibility index (Phi) is 5.39. The van der Waals surface area contributed by atoms with Gasteiger partial charge in [-0.25, -0.2) is 13.4 Å². The molecule has 1 aromatic rings. The van der Waals surface area contributed by atoms with Gasteiger partial charge in [0.2, 0.25) is 0 Å². The molecule has 1 rings (SSSR count). The van der Waals surface area contributed by atoms with E-state index in [1.807, 2.05) is 20.8 Å². The molecule has 0 fully saturated rings. The highest BCUT2D eigenvalue weighted by Crippen LogP contribution is 2.23. The normalized spacial score (nSPS) is 12.3. The second-order valence-electron chi connectivity index (χ2n) is 6.17. The van der Waals surface area contributed by atoms with Crippen LogP contribution in [0.25, 0.3) is 0 Å². The lowest BCUT2D eigenvalue weighted by Crippen LogP contribution is -2.31. The highest BCUT2D eigenvalue weighted by molar-refractivity contribution is 7.90. The Morgan fingerprint density at radius 3 is 2.38 bits per heavy atom. The fourth-order valence-corrected chi connectivity index (χ4v) is 2.44. The second-order valence-corrected chi connectivity index (χ2v) is 8.82. The summed E-state index contributed by atoms with van der Waals surface area (Å²) >= 11 is 5.98. The van der Waals surface area contributed by atoms with Crippen molar-refractivity contribution in [3.63, 3.8) is 0 Å². The van der Waals surface area contributed by atoms with Crippen molar-refractivity contribution >= 4 is 27.3 Å². The van der Waals surface area contributed by atoms with Crippen LogP contribution in [-0.4, -0.2) is 49.8 Å². The summed E-state index contributed by atoms with van der Waals surface area (Å²) in [6, 6.07) is 3.20. The van der Waals surface area contributed by atoms with Crippen molar-refractivity contribution in [3.05, 3.63) is 28.5 Å². The Morgan fingerprint density at radius 1 is 1.33 bits per heavy atom. The molecule has 5 nitrogen and oxygen atoms in total. The zero-order chi connectivity index (χ0) is 16.4. The smallest absolute Gasteiger partial charge is 0.253 e. The minimum Gasteiger partial charge on any atom is -0.341 e.